The minimum atomic E-state index is -1.16. The molecule has 2 amide bonds. The first-order valence-corrected chi connectivity index (χ1v) is 10.8. The zero-order chi connectivity index (χ0) is 25.4. The van der Waals surface area contributed by atoms with Crippen molar-refractivity contribution in [1.82, 2.24) is 16.1 Å². The van der Waals surface area contributed by atoms with Crippen LogP contribution in [0.5, 0.6) is 11.5 Å². The minimum Gasteiger partial charge on any atom is -0.490 e. The van der Waals surface area contributed by atoms with Gasteiger partial charge in [-0.1, -0.05) is 18.2 Å². The van der Waals surface area contributed by atoms with E-state index in [0.717, 1.165) is 0 Å². The van der Waals surface area contributed by atoms with Crippen LogP contribution in [-0.2, 0) is 9.53 Å². The molecule has 0 saturated heterocycles. The number of allylic oxidation sites excluding steroid dienone is 1. The summed E-state index contributed by atoms with van der Waals surface area (Å²) >= 11 is 0. The number of aliphatic hydroxyl groups is 1. The summed E-state index contributed by atoms with van der Waals surface area (Å²) in [4.78, 5) is 24.4. The third-order valence-corrected chi connectivity index (χ3v) is 4.96. The molecule has 0 aromatic heterocycles. The molecule has 0 spiro atoms. The third-order valence-electron chi connectivity index (χ3n) is 4.96. The molecule has 3 rings (SSSR count). The number of amides is 2. The standard InChI is InChI=1S/C24H27FN4O6/c1-4-34-19-11-16(22-21(23(31)33-3)14(2)27-24(32)28-22)8-9-18(19)35-13-20(30)29-26-12-15-6-5-7-17(25)10-15/h5-12,20,22,29-30H,4,13H2,1-3H3,(H2,27,28,32)/b26-12-/t20-,22-/m1/s1. The number of aliphatic hydroxyl groups excluding tert-OH is 1. The second-order valence-corrected chi connectivity index (χ2v) is 7.47. The van der Waals surface area contributed by atoms with Gasteiger partial charge in [0.2, 0.25) is 0 Å². The van der Waals surface area contributed by atoms with Gasteiger partial charge in [0.15, 0.2) is 17.7 Å². The van der Waals surface area contributed by atoms with Gasteiger partial charge in [-0.25, -0.2) is 14.0 Å². The Hall–Kier alpha value is -4.12. The number of ether oxygens (including phenoxy) is 3. The summed E-state index contributed by atoms with van der Waals surface area (Å²) < 4.78 is 29.4. The fraction of sp³-hybridized carbons (Fsp3) is 0.292. The van der Waals surface area contributed by atoms with Gasteiger partial charge >= 0.3 is 12.0 Å². The van der Waals surface area contributed by atoms with E-state index in [0.29, 0.717) is 34.9 Å². The van der Waals surface area contributed by atoms with Crippen molar-refractivity contribution in [2.24, 2.45) is 5.10 Å². The highest BCUT2D eigenvalue weighted by Gasteiger charge is 2.32. The Morgan fingerprint density at radius 2 is 2.06 bits per heavy atom. The van der Waals surface area contributed by atoms with Gasteiger partial charge < -0.3 is 30.0 Å². The Balaban J connectivity index is 1.71. The lowest BCUT2D eigenvalue weighted by molar-refractivity contribution is -0.136. The summed E-state index contributed by atoms with van der Waals surface area (Å²) in [7, 11) is 1.26. The van der Waals surface area contributed by atoms with Gasteiger partial charge in [0, 0.05) is 5.70 Å². The van der Waals surface area contributed by atoms with Crippen LogP contribution in [0.3, 0.4) is 0 Å². The van der Waals surface area contributed by atoms with Crippen LogP contribution in [0.2, 0.25) is 0 Å². The van der Waals surface area contributed by atoms with Gasteiger partial charge in [-0.3, -0.25) is 5.43 Å². The molecule has 2 aromatic carbocycles. The molecule has 0 fully saturated rings. The maximum Gasteiger partial charge on any atom is 0.337 e. The Bertz CT molecular complexity index is 1140. The molecule has 1 heterocycles. The number of hydrogen-bond donors (Lipinski definition) is 4. The summed E-state index contributed by atoms with van der Waals surface area (Å²) in [6, 6.07) is 9.57. The second-order valence-electron chi connectivity index (χ2n) is 7.47. The molecule has 35 heavy (non-hydrogen) atoms. The SMILES string of the molecule is CCOc1cc([C@H]2NC(=O)NC(C)=C2C(=O)OC)ccc1OC[C@@H](O)N/N=C\c1cccc(F)c1. The highest BCUT2D eigenvalue weighted by molar-refractivity contribution is 5.95. The quantitative estimate of drug-likeness (QED) is 0.176. The summed E-state index contributed by atoms with van der Waals surface area (Å²) in [5, 5.41) is 19.3. The lowest BCUT2D eigenvalue weighted by Gasteiger charge is -2.28. The van der Waals surface area contributed by atoms with Crippen LogP contribution >= 0.6 is 0 Å². The van der Waals surface area contributed by atoms with E-state index < -0.39 is 30.1 Å². The van der Waals surface area contributed by atoms with E-state index in [2.05, 4.69) is 21.2 Å². The highest BCUT2D eigenvalue weighted by atomic mass is 19.1. The third kappa shape index (κ3) is 6.70. The number of esters is 1. The van der Waals surface area contributed by atoms with Crippen molar-refractivity contribution in [1.29, 1.82) is 0 Å². The maximum absolute atomic E-state index is 13.2. The molecular formula is C24H27FN4O6. The molecule has 1 aliphatic rings. The van der Waals surface area contributed by atoms with Gasteiger partial charge in [-0.05, 0) is 49.2 Å². The number of hydrogen-bond acceptors (Lipinski definition) is 8. The molecule has 2 aromatic rings. The van der Waals surface area contributed by atoms with E-state index in [1.54, 1.807) is 44.2 Å². The largest absolute Gasteiger partial charge is 0.490 e. The molecular weight excluding hydrogens is 459 g/mol. The van der Waals surface area contributed by atoms with E-state index in [1.807, 2.05) is 0 Å². The van der Waals surface area contributed by atoms with Crippen LogP contribution in [0.15, 0.2) is 58.8 Å². The van der Waals surface area contributed by atoms with Crippen LogP contribution in [0.25, 0.3) is 0 Å². The molecule has 4 N–H and O–H groups in total. The fourth-order valence-corrected chi connectivity index (χ4v) is 3.41. The van der Waals surface area contributed by atoms with Gasteiger partial charge in [0.1, 0.15) is 12.4 Å². The molecule has 0 saturated carbocycles. The Labute approximate surface area is 201 Å². The summed E-state index contributed by atoms with van der Waals surface area (Å²) in [5.41, 5.74) is 4.25. The zero-order valence-corrected chi connectivity index (χ0v) is 19.5. The zero-order valence-electron chi connectivity index (χ0n) is 19.5. The van der Waals surface area contributed by atoms with Gasteiger partial charge in [0.25, 0.3) is 0 Å². The summed E-state index contributed by atoms with van der Waals surface area (Å²) in [6.07, 6.45) is 0.211. The van der Waals surface area contributed by atoms with Crippen molar-refractivity contribution >= 4 is 18.2 Å². The lowest BCUT2D eigenvalue weighted by atomic mass is 9.95. The number of urea groups is 1. The molecule has 0 aliphatic carbocycles. The molecule has 186 valence electrons. The fourth-order valence-electron chi connectivity index (χ4n) is 3.41. The first kappa shape index (κ1) is 25.5. The van der Waals surface area contributed by atoms with Crippen LogP contribution in [0.1, 0.15) is 31.0 Å². The Morgan fingerprint density at radius 1 is 1.26 bits per heavy atom. The molecule has 11 heteroatoms. The number of rotatable bonds is 10. The van der Waals surface area contributed by atoms with E-state index >= 15 is 0 Å². The van der Waals surface area contributed by atoms with E-state index in [-0.39, 0.29) is 12.2 Å². The average Bonchev–Trinajstić information content (AvgIpc) is 2.82. The predicted molar refractivity (Wildman–Crippen MR) is 125 cm³/mol. The molecule has 10 nitrogen and oxygen atoms in total. The van der Waals surface area contributed by atoms with Crippen molar-refractivity contribution < 1.29 is 33.3 Å². The number of carbonyl (C=O) groups is 2. The van der Waals surface area contributed by atoms with Crippen LogP contribution in [-0.4, -0.2) is 49.9 Å². The van der Waals surface area contributed by atoms with E-state index in [1.165, 1.54) is 25.5 Å². The molecule has 0 bridgehead atoms. The summed E-state index contributed by atoms with van der Waals surface area (Å²) in [5.74, 6) is -0.273. The normalized spacial score (nSPS) is 16.4. The molecule has 0 radical (unpaired) electrons. The van der Waals surface area contributed by atoms with Gasteiger partial charge in [-0.15, -0.1) is 0 Å². The number of nitrogens with zero attached hydrogens (tertiary/aromatic N) is 1. The number of hydrazone groups is 1. The van der Waals surface area contributed by atoms with Crippen LogP contribution in [0.4, 0.5) is 9.18 Å². The number of halogens is 1. The van der Waals surface area contributed by atoms with Crippen molar-refractivity contribution in [3.63, 3.8) is 0 Å². The van der Waals surface area contributed by atoms with Crippen molar-refractivity contribution in [3.8, 4) is 11.5 Å². The van der Waals surface area contributed by atoms with E-state index in [9.17, 15) is 19.1 Å². The number of benzene rings is 2. The first-order valence-electron chi connectivity index (χ1n) is 10.8. The van der Waals surface area contributed by atoms with Crippen LogP contribution < -0.4 is 25.5 Å². The minimum absolute atomic E-state index is 0.170. The van der Waals surface area contributed by atoms with Crippen LogP contribution in [0, 0.1) is 5.82 Å². The highest BCUT2D eigenvalue weighted by Crippen LogP contribution is 2.34. The molecule has 0 unspecified atom stereocenters. The maximum atomic E-state index is 13.2. The van der Waals surface area contributed by atoms with E-state index in [4.69, 9.17) is 14.2 Å². The van der Waals surface area contributed by atoms with Gasteiger partial charge in [-0.2, -0.15) is 5.10 Å². The van der Waals surface area contributed by atoms with Crippen molar-refractivity contribution in [3.05, 3.63) is 70.7 Å². The topological polar surface area (TPSA) is 131 Å². The van der Waals surface area contributed by atoms with Crippen molar-refractivity contribution in [2.45, 2.75) is 26.1 Å². The molecule has 1 aliphatic heterocycles. The Morgan fingerprint density at radius 3 is 2.77 bits per heavy atom. The smallest absolute Gasteiger partial charge is 0.337 e. The van der Waals surface area contributed by atoms with Crippen molar-refractivity contribution in [2.75, 3.05) is 20.3 Å². The molecule has 2 atom stereocenters. The number of carbonyl (C=O) groups excluding carboxylic acids is 2. The van der Waals surface area contributed by atoms with Gasteiger partial charge in [0.05, 0.1) is 31.5 Å². The lowest BCUT2D eigenvalue weighted by Crippen LogP contribution is -2.45. The average molecular weight is 487 g/mol. The Kier molecular flexibility index (Phi) is 8.63. The summed E-state index contributed by atoms with van der Waals surface area (Å²) in [6.45, 7) is 3.57. The monoisotopic (exact) mass is 486 g/mol. The first-order chi connectivity index (χ1) is 16.8. The number of methoxy groups -OCH3 is 1. The number of nitrogens with one attached hydrogen (secondary N) is 3. The predicted octanol–water partition coefficient (Wildman–Crippen LogP) is 2.35. The second kappa shape index (κ2) is 11.8.